The molecular formula is C51H51FN6O10. The fourth-order valence-corrected chi connectivity index (χ4v) is 11.4. The summed E-state index contributed by atoms with van der Waals surface area (Å²) < 4.78 is 27.9. The number of benzene rings is 3. The number of carbonyl (C=O) groups is 4. The second-order valence-electron chi connectivity index (χ2n) is 19.5. The molecule has 68 heavy (non-hydrogen) atoms. The molecule has 4 N–H and O–H groups in total. The monoisotopic (exact) mass is 926 g/mol. The second kappa shape index (κ2) is 15.6. The lowest BCUT2D eigenvalue weighted by Gasteiger charge is -2.62. The van der Waals surface area contributed by atoms with E-state index in [4.69, 9.17) is 14.5 Å². The first-order valence-corrected chi connectivity index (χ1v) is 23.2. The zero-order chi connectivity index (χ0) is 47.8. The molecule has 2 aromatic heterocycles. The van der Waals surface area contributed by atoms with Crippen LogP contribution in [0.15, 0.2) is 47.3 Å². The summed E-state index contributed by atoms with van der Waals surface area (Å²) in [7, 11) is 0. The lowest BCUT2D eigenvalue weighted by atomic mass is 9.81. The first-order valence-electron chi connectivity index (χ1n) is 23.2. The molecule has 3 aromatic carbocycles. The number of ether oxygens (including phenoxy) is 2. The van der Waals surface area contributed by atoms with Gasteiger partial charge in [0.05, 0.1) is 46.7 Å². The summed E-state index contributed by atoms with van der Waals surface area (Å²) >= 11 is 0. The molecule has 17 heteroatoms. The van der Waals surface area contributed by atoms with E-state index in [9.17, 15) is 39.3 Å². The van der Waals surface area contributed by atoms with Gasteiger partial charge in [0.15, 0.2) is 11.7 Å². The number of amides is 3. The highest BCUT2D eigenvalue weighted by molar-refractivity contribution is 5.98. The number of hydrogen-bond acceptors (Lipinski definition) is 12. The Morgan fingerprint density at radius 1 is 0.971 bits per heavy atom. The van der Waals surface area contributed by atoms with Crippen molar-refractivity contribution in [2.75, 3.05) is 13.1 Å². The van der Waals surface area contributed by atoms with Crippen molar-refractivity contribution in [2.24, 2.45) is 0 Å². The number of alkyl carbamates (subject to hydrolysis) is 1. The van der Waals surface area contributed by atoms with Gasteiger partial charge < -0.3 is 44.5 Å². The molecule has 3 amide bonds. The van der Waals surface area contributed by atoms with Crippen LogP contribution in [0.1, 0.15) is 118 Å². The summed E-state index contributed by atoms with van der Waals surface area (Å²) in [5, 5.41) is 35.9. The summed E-state index contributed by atoms with van der Waals surface area (Å²) in [4.78, 5) is 78.4. The first kappa shape index (κ1) is 43.7. The van der Waals surface area contributed by atoms with E-state index in [1.807, 2.05) is 19.9 Å². The molecule has 0 saturated carbocycles. The van der Waals surface area contributed by atoms with Gasteiger partial charge in [-0.3, -0.25) is 19.3 Å². The number of carbonyl (C=O) groups excluding carboxylic acids is 4. The van der Waals surface area contributed by atoms with Crippen LogP contribution in [-0.4, -0.2) is 94.7 Å². The zero-order valence-electron chi connectivity index (χ0n) is 38.3. The molecule has 7 heterocycles. The number of hydrogen-bond donors (Lipinski definition) is 4. The number of likely N-dealkylation sites (tertiary alicyclic amines) is 2. The number of rotatable bonds is 8. The molecule has 0 radical (unpaired) electrons. The summed E-state index contributed by atoms with van der Waals surface area (Å²) in [5.41, 5.74) is 5.40. The minimum absolute atomic E-state index is 0.0206. The highest BCUT2D eigenvalue weighted by Crippen LogP contribution is 2.46. The van der Waals surface area contributed by atoms with Crippen molar-refractivity contribution in [2.45, 2.75) is 122 Å². The smallest absolute Gasteiger partial charge is 0.408 e. The predicted octanol–water partition coefficient (Wildman–Crippen LogP) is 5.41. The van der Waals surface area contributed by atoms with Crippen LogP contribution in [-0.2, 0) is 63.9 Å². The van der Waals surface area contributed by atoms with Crippen LogP contribution < -0.4 is 10.9 Å². The van der Waals surface area contributed by atoms with Gasteiger partial charge in [-0.25, -0.2) is 19.0 Å². The van der Waals surface area contributed by atoms with Crippen LogP contribution in [0.2, 0.25) is 0 Å². The third kappa shape index (κ3) is 6.52. The third-order valence-electron chi connectivity index (χ3n) is 15.4. The van der Waals surface area contributed by atoms with Crippen LogP contribution in [0.4, 0.5) is 9.18 Å². The van der Waals surface area contributed by atoms with E-state index < -0.39 is 41.2 Å². The van der Waals surface area contributed by atoms with Gasteiger partial charge in [-0.05, 0) is 90.1 Å². The molecule has 5 aromatic rings. The number of aromatic hydroxyl groups is 2. The second-order valence-corrected chi connectivity index (χ2v) is 19.5. The number of phenolic OH excluding ortho intramolecular Hbond substituents is 2. The number of aryl methyl sites for hydroxylation is 1. The van der Waals surface area contributed by atoms with E-state index in [2.05, 4.69) is 22.3 Å². The molecule has 1 unspecified atom stereocenters. The SMILES string of the molecule is CC[C@@]1(O)C(=O)OCc2c1cc1n(c2=O)Cc2c-1nc1cc(F)c(C)c3c1c2[C@@H](NC(=O)O[C@@H](C)C(=O)N1CC2[C@H]1CN2Cc1ccc2c(c1)CN(C(=O)c1cc(C(C)C)c(O)cc1O)C2)CC3. The zero-order valence-corrected chi connectivity index (χ0v) is 38.3. The first-order chi connectivity index (χ1) is 32.4. The molecule has 2 fully saturated rings. The van der Waals surface area contributed by atoms with Gasteiger partial charge in [-0.15, -0.1) is 0 Å². The summed E-state index contributed by atoms with van der Waals surface area (Å²) in [6.45, 7) is 11.1. The van der Waals surface area contributed by atoms with Crippen LogP contribution >= 0.6 is 0 Å². The van der Waals surface area contributed by atoms with Crippen molar-refractivity contribution in [1.82, 2.24) is 29.6 Å². The maximum Gasteiger partial charge on any atom is 0.408 e. The Labute approximate surface area is 389 Å². The van der Waals surface area contributed by atoms with Crippen LogP contribution in [0, 0.1) is 12.7 Å². The predicted molar refractivity (Wildman–Crippen MR) is 243 cm³/mol. The summed E-state index contributed by atoms with van der Waals surface area (Å²) in [5.74, 6) is -2.21. The maximum absolute atomic E-state index is 15.4. The average molecular weight is 927 g/mol. The number of aliphatic hydroxyl groups is 1. The van der Waals surface area contributed by atoms with E-state index in [-0.39, 0.29) is 77.6 Å². The van der Waals surface area contributed by atoms with Gasteiger partial charge in [0.25, 0.3) is 17.4 Å². The molecular weight excluding hydrogens is 876 g/mol. The van der Waals surface area contributed by atoms with Crippen LogP contribution in [0.5, 0.6) is 11.5 Å². The van der Waals surface area contributed by atoms with Crippen molar-refractivity contribution < 1.29 is 48.4 Å². The number of esters is 1. The lowest BCUT2D eigenvalue weighted by Crippen LogP contribution is -2.80. The van der Waals surface area contributed by atoms with Crippen molar-refractivity contribution in [3.05, 3.63) is 120 Å². The number of fused-ring (bicyclic) bond motifs is 7. The normalized spacial score (nSPS) is 22.4. The largest absolute Gasteiger partial charge is 0.508 e. The van der Waals surface area contributed by atoms with Crippen molar-refractivity contribution in [3.63, 3.8) is 0 Å². The van der Waals surface area contributed by atoms with Gasteiger partial charge in [-0.2, -0.15) is 0 Å². The molecule has 1 aliphatic carbocycles. The Bertz CT molecular complexity index is 3150. The molecule has 0 bridgehead atoms. The van der Waals surface area contributed by atoms with E-state index >= 15 is 4.39 Å². The molecule has 5 atom stereocenters. The summed E-state index contributed by atoms with van der Waals surface area (Å²) in [6.07, 6.45) is -1.09. The minimum Gasteiger partial charge on any atom is -0.508 e. The number of cyclic esters (lactones) is 1. The number of piperazine rings is 1. The minimum atomic E-state index is -2.02. The third-order valence-corrected chi connectivity index (χ3v) is 15.4. The molecule has 6 aliphatic rings. The van der Waals surface area contributed by atoms with Gasteiger partial charge in [-0.1, -0.05) is 39.0 Å². The number of aromatic nitrogens is 2. The maximum atomic E-state index is 15.4. The fraction of sp³-hybridized carbons (Fsp3) is 0.412. The van der Waals surface area contributed by atoms with Crippen molar-refractivity contribution >= 4 is 34.8 Å². The van der Waals surface area contributed by atoms with E-state index in [0.717, 1.165) is 22.3 Å². The van der Waals surface area contributed by atoms with Crippen LogP contribution in [0.25, 0.3) is 22.3 Å². The van der Waals surface area contributed by atoms with Crippen molar-refractivity contribution in [1.29, 1.82) is 0 Å². The van der Waals surface area contributed by atoms with Gasteiger partial charge in [0.1, 0.15) is 23.9 Å². The number of nitrogens with one attached hydrogen (secondary N) is 1. The topological polar surface area (TPSA) is 204 Å². The van der Waals surface area contributed by atoms with E-state index in [0.29, 0.717) is 90.1 Å². The Morgan fingerprint density at radius 2 is 1.75 bits per heavy atom. The lowest BCUT2D eigenvalue weighted by molar-refractivity contribution is -0.174. The molecule has 11 rings (SSSR count). The number of nitrogens with zero attached hydrogens (tertiary/aromatic N) is 5. The molecule has 16 nitrogen and oxygen atoms in total. The van der Waals surface area contributed by atoms with Gasteiger partial charge in [0, 0.05) is 67.4 Å². The standard InChI is InChI=1S/C51H51FN6O10/c1-6-51(66)34-13-38-45-32(19-57(38)48(63)33(34)22-67-49(51)64)44-36(10-9-29-24(4)35(52)14-37(53-45)43(29)44)54-50(65)68-25(5)46(61)58-21-39-40(58)20-55(39)16-26-7-8-27-17-56(18-28(27)11-26)47(62)31-12-30(23(2)3)41(59)15-42(31)60/h7-8,11-15,23,25,36,39-40,59-60,66H,6,9-10,16-22H2,1-5H3,(H,54,65)/t25-,36-,39?,40+,51-/m0/s1. The summed E-state index contributed by atoms with van der Waals surface area (Å²) in [6, 6.07) is 11.4. The highest BCUT2D eigenvalue weighted by Gasteiger charge is 2.54. The van der Waals surface area contributed by atoms with Gasteiger partial charge >= 0.3 is 12.1 Å². The molecule has 0 spiro atoms. The Balaban J connectivity index is 0.748. The Hall–Kier alpha value is -6.85. The Kier molecular flexibility index (Phi) is 10.0. The van der Waals surface area contributed by atoms with E-state index in [1.54, 1.807) is 42.7 Å². The fourth-order valence-electron chi connectivity index (χ4n) is 11.4. The molecule has 2 saturated heterocycles. The van der Waals surface area contributed by atoms with Gasteiger partial charge in [0.2, 0.25) is 0 Å². The quantitative estimate of drug-likeness (QED) is 0.142. The molecule has 5 aliphatic heterocycles. The highest BCUT2D eigenvalue weighted by atomic mass is 19.1. The van der Waals surface area contributed by atoms with Crippen molar-refractivity contribution in [3.8, 4) is 22.9 Å². The Morgan fingerprint density at radius 3 is 2.49 bits per heavy atom. The van der Waals surface area contributed by atoms with E-state index in [1.165, 1.54) is 16.7 Å². The number of pyridine rings is 2. The average Bonchev–Trinajstić information content (AvgIpc) is 3.90. The number of phenols is 2. The van der Waals surface area contributed by atoms with Crippen LogP contribution in [0.3, 0.4) is 0 Å². The molecule has 352 valence electrons. The number of halogens is 1.